The number of rotatable bonds is 7. The van der Waals surface area contributed by atoms with E-state index < -0.39 is 0 Å². The van der Waals surface area contributed by atoms with Crippen LogP contribution in [0.4, 0.5) is 0 Å². The zero-order chi connectivity index (χ0) is 25.6. The average Bonchev–Trinajstić information content (AvgIpc) is 3.26. The largest absolute Gasteiger partial charge is 0.381 e. The number of carbonyl (C=O) groups is 2. The van der Waals surface area contributed by atoms with Crippen LogP contribution in [0.25, 0.3) is 0 Å². The molecular formula is C28H36N4O4S. The van der Waals surface area contributed by atoms with E-state index in [0.717, 1.165) is 43.9 Å². The van der Waals surface area contributed by atoms with E-state index in [1.54, 1.807) is 11.7 Å². The molecule has 6 rings (SSSR count). The summed E-state index contributed by atoms with van der Waals surface area (Å²) >= 11 is 1.38. The Labute approximate surface area is 222 Å². The lowest BCUT2D eigenvalue weighted by Gasteiger charge is -2.51. The van der Waals surface area contributed by atoms with Gasteiger partial charge in [0.25, 0.3) is 5.91 Å². The average molecular weight is 525 g/mol. The number of nitrogens with zero attached hydrogens (tertiary/aromatic N) is 4. The summed E-state index contributed by atoms with van der Waals surface area (Å²) in [6.07, 6.45) is 4.64. The van der Waals surface area contributed by atoms with Crippen LogP contribution in [0, 0.1) is 22.7 Å². The molecule has 3 aliphatic heterocycles. The monoisotopic (exact) mass is 524 g/mol. The highest BCUT2D eigenvalue weighted by Gasteiger charge is 2.60. The first kappa shape index (κ1) is 24.9. The molecule has 3 saturated heterocycles. The molecule has 1 spiro atoms. The molecule has 2 atom stereocenters. The molecule has 0 radical (unpaired) electrons. The molecule has 4 aliphatic rings. The predicted molar refractivity (Wildman–Crippen MR) is 139 cm³/mol. The van der Waals surface area contributed by atoms with E-state index in [1.807, 2.05) is 15.9 Å². The van der Waals surface area contributed by atoms with Gasteiger partial charge in [-0.25, -0.2) is 0 Å². The molecule has 37 heavy (non-hydrogen) atoms. The van der Waals surface area contributed by atoms with Crippen molar-refractivity contribution in [3.63, 3.8) is 0 Å². The van der Waals surface area contributed by atoms with Gasteiger partial charge in [0.1, 0.15) is 4.88 Å². The van der Waals surface area contributed by atoms with E-state index in [2.05, 4.69) is 31.0 Å². The maximum atomic E-state index is 13.1. The van der Waals surface area contributed by atoms with E-state index in [0.29, 0.717) is 50.2 Å². The van der Waals surface area contributed by atoms with Gasteiger partial charge in [0.15, 0.2) is 0 Å². The van der Waals surface area contributed by atoms with Crippen molar-refractivity contribution < 1.29 is 19.1 Å². The van der Waals surface area contributed by atoms with Crippen molar-refractivity contribution in [1.82, 2.24) is 19.8 Å². The molecule has 4 fully saturated rings. The van der Waals surface area contributed by atoms with Gasteiger partial charge in [0, 0.05) is 68.3 Å². The summed E-state index contributed by atoms with van der Waals surface area (Å²) in [5.74, 6) is 1.08. The van der Waals surface area contributed by atoms with E-state index >= 15 is 0 Å². The van der Waals surface area contributed by atoms with Gasteiger partial charge in [-0.05, 0) is 36.8 Å². The summed E-state index contributed by atoms with van der Waals surface area (Å²) in [4.78, 5) is 39.7. The number of aromatic nitrogens is 2. The Morgan fingerprint density at radius 3 is 2.62 bits per heavy atom. The minimum Gasteiger partial charge on any atom is -0.381 e. The van der Waals surface area contributed by atoms with Crippen molar-refractivity contribution in [3.05, 3.63) is 46.2 Å². The normalized spacial score (nSPS) is 26.3. The van der Waals surface area contributed by atoms with Crippen molar-refractivity contribution in [1.29, 1.82) is 0 Å². The fraction of sp³-hybridized carbons (Fsp3) is 0.643. The van der Waals surface area contributed by atoms with Crippen molar-refractivity contribution in [2.45, 2.75) is 45.6 Å². The first-order valence-electron chi connectivity index (χ1n) is 13.4. The van der Waals surface area contributed by atoms with Crippen molar-refractivity contribution in [2.24, 2.45) is 22.7 Å². The van der Waals surface area contributed by atoms with Gasteiger partial charge in [-0.1, -0.05) is 19.9 Å². The van der Waals surface area contributed by atoms with E-state index in [1.165, 1.54) is 11.3 Å². The molecule has 0 bridgehead atoms. The molecule has 0 aromatic carbocycles. The second-order valence-corrected chi connectivity index (χ2v) is 12.9. The van der Waals surface area contributed by atoms with Crippen LogP contribution in [0.2, 0.25) is 0 Å². The van der Waals surface area contributed by atoms with Gasteiger partial charge < -0.3 is 19.3 Å². The summed E-state index contributed by atoms with van der Waals surface area (Å²) in [5, 5.41) is 0. The van der Waals surface area contributed by atoms with Crippen LogP contribution in [0.5, 0.6) is 0 Å². The maximum Gasteiger partial charge on any atom is 0.265 e. The zero-order valence-corrected chi connectivity index (χ0v) is 22.5. The lowest BCUT2D eigenvalue weighted by Crippen LogP contribution is -2.63. The molecule has 198 valence electrons. The summed E-state index contributed by atoms with van der Waals surface area (Å²) in [7, 11) is 0. The first-order chi connectivity index (χ1) is 17.8. The molecule has 1 unspecified atom stereocenters. The fourth-order valence-corrected chi connectivity index (χ4v) is 6.92. The van der Waals surface area contributed by atoms with E-state index in [4.69, 9.17) is 14.5 Å². The van der Waals surface area contributed by atoms with Crippen LogP contribution in [0.15, 0.2) is 29.9 Å². The van der Waals surface area contributed by atoms with Gasteiger partial charge in [-0.15, -0.1) is 11.3 Å². The van der Waals surface area contributed by atoms with E-state index in [9.17, 15) is 9.59 Å². The van der Waals surface area contributed by atoms with Crippen LogP contribution in [0.1, 0.15) is 60.1 Å². The number of hydrogen-bond acceptors (Lipinski definition) is 7. The highest BCUT2D eigenvalue weighted by Crippen LogP contribution is 2.54. The van der Waals surface area contributed by atoms with Crippen molar-refractivity contribution in [2.75, 3.05) is 46.0 Å². The van der Waals surface area contributed by atoms with Crippen LogP contribution in [-0.2, 0) is 20.9 Å². The Bertz CT molecular complexity index is 1140. The Morgan fingerprint density at radius 2 is 1.92 bits per heavy atom. The number of carbonyl (C=O) groups excluding carboxylic acids is 2. The van der Waals surface area contributed by atoms with Gasteiger partial charge in [0.05, 0.1) is 30.6 Å². The van der Waals surface area contributed by atoms with Crippen LogP contribution in [-0.4, -0.2) is 77.6 Å². The van der Waals surface area contributed by atoms with Crippen LogP contribution >= 0.6 is 11.3 Å². The molecule has 2 aromatic heterocycles. The SMILES string of the molecule is CC1(C)C[C@@H]1C(=O)N1CC2(CN(C(=O)c3cncs3)CC2COCc2cccc(C3CCOCC3)n2)C1. The molecule has 9 heteroatoms. The molecule has 5 heterocycles. The number of amides is 2. The van der Waals surface area contributed by atoms with Gasteiger partial charge >= 0.3 is 0 Å². The molecular weight excluding hydrogens is 488 g/mol. The third kappa shape index (κ3) is 4.93. The van der Waals surface area contributed by atoms with Gasteiger partial charge in [-0.3, -0.25) is 19.6 Å². The Kier molecular flexibility index (Phi) is 6.57. The fourth-order valence-electron chi connectivity index (χ4n) is 6.34. The number of hydrogen-bond donors (Lipinski definition) is 0. The number of ether oxygens (including phenoxy) is 2. The second-order valence-electron chi connectivity index (χ2n) is 12.0. The number of thiazole rings is 1. The minimum absolute atomic E-state index is 0.0308. The number of pyridine rings is 1. The van der Waals surface area contributed by atoms with Crippen LogP contribution < -0.4 is 0 Å². The summed E-state index contributed by atoms with van der Waals surface area (Å²) < 4.78 is 11.7. The number of likely N-dealkylation sites (tertiary alicyclic amines) is 2. The van der Waals surface area contributed by atoms with Gasteiger partial charge in [-0.2, -0.15) is 0 Å². The molecule has 1 saturated carbocycles. The first-order valence-corrected chi connectivity index (χ1v) is 14.3. The quantitative estimate of drug-likeness (QED) is 0.550. The molecule has 2 amide bonds. The standard InChI is InChI=1S/C28H36N4O4S/c1-27(2)10-22(27)25(33)32-16-28(17-32)15-31(26(34)24-11-29-18-37-24)12-20(28)13-36-14-21-4-3-5-23(30-21)19-6-8-35-9-7-19/h3-5,11,18-20,22H,6-10,12-17H2,1-2H3/t20?,22-/m1/s1. The maximum absolute atomic E-state index is 13.1. The van der Waals surface area contributed by atoms with E-state index in [-0.39, 0.29) is 34.5 Å². The highest BCUT2D eigenvalue weighted by atomic mass is 32.1. The highest BCUT2D eigenvalue weighted by molar-refractivity contribution is 7.11. The third-order valence-electron chi connectivity index (χ3n) is 8.91. The van der Waals surface area contributed by atoms with Crippen LogP contribution in [0.3, 0.4) is 0 Å². The summed E-state index contributed by atoms with van der Waals surface area (Å²) in [6.45, 7) is 9.63. The molecule has 8 nitrogen and oxygen atoms in total. The lowest BCUT2D eigenvalue weighted by atomic mass is 9.71. The Hall–Kier alpha value is -2.36. The molecule has 2 aromatic rings. The zero-order valence-electron chi connectivity index (χ0n) is 21.7. The second kappa shape index (κ2) is 9.75. The van der Waals surface area contributed by atoms with Crippen molar-refractivity contribution >= 4 is 23.2 Å². The van der Waals surface area contributed by atoms with Gasteiger partial charge in [0.2, 0.25) is 5.91 Å². The summed E-state index contributed by atoms with van der Waals surface area (Å²) in [6, 6.07) is 6.20. The van der Waals surface area contributed by atoms with Crippen molar-refractivity contribution in [3.8, 4) is 0 Å². The Balaban J connectivity index is 1.10. The lowest BCUT2D eigenvalue weighted by molar-refractivity contribution is -0.148. The molecule has 0 N–H and O–H groups in total. The minimum atomic E-state index is -0.105. The smallest absolute Gasteiger partial charge is 0.265 e. The summed E-state index contributed by atoms with van der Waals surface area (Å²) in [5.41, 5.74) is 3.78. The Morgan fingerprint density at radius 1 is 1.16 bits per heavy atom. The topological polar surface area (TPSA) is 84.9 Å². The molecule has 1 aliphatic carbocycles. The predicted octanol–water partition coefficient (Wildman–Crippen LogP) is 3.60. The third-order valence-corrected chi connectivity index (χ3v) is 9.68.